The van der Waals surface area contributed by atoms with Crippen LogP contribution in [0.2, 0.25) is 0 Å². The Hall–Kier alpha value is -3.76. The van der Waals surface area contributed by atoms with Crippen molar-refractivity contribution in [3.63, 3.8) is 0 Å². The van der Waals surface area contributed by atoms with Gasteiger partial charge in [0.05, 0.1) is 11.4 Å². The molecular formula is C22H21N5OS. The van der Waals surface area contributed by atoms with Gasteiger partial charge in [0.1, 0.15) is 22.4 Å². The molecule has 6 N–H and O–H groups in total. The highest BCUT2D eigenvalue weighted by molar-refractivity contribution is 7.10. The lowest BCUT2D eigenvalue weighted by atomic mass is 10.0. The Balaban J connectivity index is 0.000000224. The van der Waals surface area contributed by atoms with Gasteiger partial charge in [0, 0.05) is 23.2 Å². The minimum absolute atomic E-state index is 0.159. The number of nitrogens with two attached hydrogens (primary N) is 2. The van der Waals surface area contributed by atoms with E-state index in [4.69, 9.17) is 16.7 Å². The summed E-state index contributed by atoms with van der Waals surface area (Å²) in [6.07, 6.45) is 0. The number of nitrogen functional groups attached to an aromatic ring is 2. The zero-order valence-electron chi connectivity index (χ0n) is 15.9. The van der Waals surface area contributed by atoms with E-state index in [1.807, 2.05) is 66.7 Å². The van der Waals surface area contributed by atoms with E-state index in [1.165, 1.54) is 0 Å². The average molecular weight is 404 g/mol. The summed E-state index contributed by atoms with van der Waals surface area (Å²) < 4.78 is 3.88. The minimum atomic E-state index is 0.159. The summed E-state index contributed by atoms with van der Waals surface area (Å²) in [5, 5.41) is 24.3. The number of hydrogen-bond acceptors (Lipinski definition) is 7. The molecule has 0 aliphatic carbocycles. The van der Waals surface area contributed by atoms with Crippen molar-refractivity contribution < 1.29 is 5.11 Å². The smallest absolute Gasteiger partial charge is 0.144 e. The highest BCUT2D eigenvalue weighted by Crippen LogP contribution is 2.33. The number of fused-ring (bicyclic) bond motifs is 1. The number of nitrogens with one attached hydrogen (secondary N) is 1. The Kier molecular flexibility index (Phi) is 6.17. The van der Waals surface area contributed by atoms with Crippen molar-refractivity contribution in [2.75, 3.05) is 16.8 Å². The molecule has 0 spiro atoms. The number of phenols is 1. The van der Waals surface area contributed by atoms with E-state index in [0.29, 0.717) is 22.8 Å². The summed E-state index contributed by atoms with van der Waals surface area (Å²) >= 11 is 1.16. The van der Waals surface area contributed by atoms with Gasteiger partial charge in [-0.2, -0.15) is 9.64 Å². The van der Waals surface area contributed by atoms with Crippen LogP contribution >= 0.6 is 11.5 Å². The number of aromatic nitrogens is 1. The standard InChI is InChI=1S/C17H16N2O.C5H5N3S/c18-16-15-9-5-4-6-12(15)10-13(17(16)20)11-19-14-7-2-1-3-8-14;1-3-4(2-6)5(7)9-8-3/h1-10,19-20H,11,18H2;7H2,1H3. The lowest BCUT2D eigenvalue weighted by Gasteiger charge is -2.12. The summed E-state index contributed by atoms with van der Waals surface area (Å²) in [5.41, 5.74) is 14.9. The van der Waals surface area contributed by atoms with E-state index in [0.717, 1.165) is 39.2 Å². The molecule has 29 heavy (non-hydrogen) atoms. The Morgan fingerprint density at radius 2 is 1.79 bits per heavy atom. The van der Waals surface area contributed by atoms with Gasteiger partial charge in [-0.1, -0.05) is 42.5 Å². The molecule has 146 valence electrons. The first-order valence-corrected chi connectivity index (χ1v) is 9.68. The highest BCUT2D eigenvalue weighted by Gasteiger charge is 2.09. The number of anilines is 3. The van der Waals surface area contributed by atoms with E-state index in [2.05, 4.69) is 9.69 Å². The van der Waals surface area contributed by atoms with Crippen LogP contribution in [-0.4, -0.2) is 9.48 Å². The summed E-state index contributed by atoms with van der Waals surface area (Å²) in [5.74, 6) is 0.159. The van der Waals surface area contributed by atoms with Crippen molar-refractivity contribution in [3.8, 4) is 11.8 Å². The summed E-state index contributed by atoms with van der Waals surface area (Å²) in [7, 11) is 0. The molecule has 0 amide bonds. The number of para-hydroxylation sites is 1. The number of phenolic OH excluding ortho intramolecular Hbond substituents is 1. The van der Waals surface area contributed by atoms with E-state index in [1.54, 1.807) is 6.92 Å². The topological polar surface area (TPSA) is 121 Å². The zero-order chi connectivity index (χ0) is 20.8. The Morgan fingerprint density at radius 3 is 2.41 bits per heavy atom. The molecular weight excluding hydrogens is 382 g/mol. The molecule has 1 aromatic heterocycles. The molecule has 0 bridgehead atoms. The van der Waals surface area contributed by atoms with Crippen LogP contribution in [0.15, 0.2) is 60.7 Å². The van der Waals surface area contributed by atoms with Gasteiger partial charge in [-0.3, -0.25) is 0 Å². The van der Waals surface area contributed by atoms with Gasteiger partial charge in [0.2, 0.25) is 0 Å². The van der Waals surface area contributed by atoms with Crippen molar-refractivity contribution in [2.45, 2.75) is 13.5 Å². The normalized spacial score (nSPS) is 10.1. The predicted octanol–water partition coefficient (Wildman–Crippen LogP) is 4.65. The van der Waals surface area contributed by atoms with Crippen LogP contribution in [0.4, 0.5) is 16.4 Å². The fraction of sp³-hybridized carbons (Fsp3) is 0.0909. The largest absolute Gasteiger partial charge is 0.505 e. The fourth-order valence-electron chi connectivity index (χ4n) is 2.84. The molecule has 0 fully saturated rings. The SMILES string of the molecule is Cc1nsc(N)c1C#N.Nc1c(O)c(CNc2ccccc2)cc2ccccc12. The number of aryl methyl sites for hydroxylation is 1. The third-order valence-corrected chi connectivity index (χ3v) is 5.16. The lowest BCUT2D eigenvalue weighted by molar-refractivity contribution is 0.472. The first-order valence-electron chi connectivity index (χ1n) is 8.91. The molecule has 0 saturated carbocycles. The van der Waals surface area contributed by atoms with Crippen LogP contribution < -0.4 is 16.8 Å². The van der Waals surface area contributed by atoms with Gasteiger partial charge >= 0.3 is 0 Å². The van der Waals surface area contributed by atoms with Crippen LogP contribution in [0.25, 0.3) is 10.8 Å². The van der Waals surface area contributed by atoms with Gasteiger partial charge in [0.15, 0.2) is 0 Å². The third-order valence-electron chi connectivity index (χ3n) is 4.40. The number of hydrogen-bond donors (Lipinski definition) is 4. The molecule has 0 aliphatic heterocycles. The van der Waals surface area contributed by atoms with Crippen molar-refractivity contribution in [2.24, 2.45) is 0 Å². The summed E-state index contributed by atoms with van der Waals surface area (Å²) in [4.78, 5) is 0. The summed E-state index contributed by atoms with van der Waals surface area (Å²) in [6.45, 7) is 2.30. The van der Waals surface area contributed by atoms with Crippen LogP contribution in [0.5, 0.6) is 5.75 Å². The van der Waals surface area contributed by atoms with Gasteiger partial charge in [0.25, 0.3) is 0 Å². The monoisotopic (exact) mass is 403 g/mol. The molecule has 6 nitrogen and oxygen atoms in total. The van der Waals surface area contributed by atoms with Crippen LogP contribution in [-0.2, 0) is 6.54 Å². The van der Waals surface area contributed by atoms with E-state index in [9.17, 15) is 5.11 Å². The molecule has 4 aromatic rings. The number of rotatable bonds is 3. The molecule has 1 heterocycles. The van der Waals surface area contributed by atoms with Crippen LogP contribution in [0.1, 0.15) is 16.8 Å². The van der Waals surface area contributed by atoms with Crippen LogP contribution in [0.3, 0.4) is 0 Å². The van der Waals surface area contributed by atoms with Gasteiger partial charge in [-0.05, 0) is 42.0 Å². The first kappa shape index (κ1) is 20.0. The van der Waals surface area contributed by atoms with Gasteiger partial charge in [-0.25, -0.2) is 0 Å². The van der Waals surface area contributed by atoms with E-state index >= 15 is 0 Å². The third kappa shape index (κ3) is 4.57. The second-order valence-corrected chi connectivity index (χ2v) is 7.16. The fourth-order valence-corrected chi connectivity index (χ4v) is 3.45. The van der Waals surface area contributed by atoms with Crippen molar-refractivity contribution >= 4 is 38.7 Å². The molecule has 7 heteroatoms. The first-order chi connectivity index (χ1) is 14.0. The van der Waals surface area contributed by atoms with E-state index < -0.39 is 0 Å². The minimum Gasteiger partial charge on any atom is -0.505 e. The molecule has 0 atom stereocenters. The van der Waals surface area contributed by atoms with Crippen LogP contribution in [0, 0.1) is 18.3 Å². The predicted molar refractivity (Wildman–Crippen MR) is 120 cm³/mol. The Morgan fingerprint density at radius 1 is 1.10 bits per heavy atom. The zero-order valence-corrected chi connectivity index (χ0v) is 16.7. The van der Waals surface area contributed by atoms with Crippen molar-refractivity contribution in [1.29, 1.82) is 5.26 Å². The number of nitrogens with zero attached hydrogens (tertiary/aromatic N) is 2. The molecule has 0 radical (unpaired) electrons. The average Bonchev–Trinajstić information content (AvgIpc) is 3.08. The quantitative estimate of drug-likeness (QED) is 0.292. The van der Waals surface area contributed by atoms with Crippen molar-refractivity contribution in [3.05, 3.63) is 77.5 Å². The molecule has 3 aromatic carbocycles. The maximum Gasteiger partial charge on any atom is 0.144 e. The lowest BCUT2D eigenvalue weighted by Crippen LogP contribution is -2.01. The molecule has 0 unspecified atom stereocenters. The molecule has 0 aliphatic rings. The molecule has 4 rings (SSSR count). The van der Waals surface area contributed by atoms with E-state index in [-0.39, 0.29) is 5.75 Å². The maximum absolute atomic E-state index is 10.2. The number of aromatic hydroxyl groups is 1. The molecule has 0 saturated heterocycles. The maximum atomic E-state index is 10.2. The van der Waals surface area contributed by atoms with Crippen molar-refractivity contribution in [1.82, 2.24) is 4.37 Å². The Labute approximate surface area is 173 Å². The second kappa shape index (κ2) is 8.95. The van der Waals surface area contributed by atoms with Gasteiger partial charge < -0.3 is 21.9 Å². The number of benzene rings is 3. The number of nitriles is 1. The highest BCUT2D eigenvalue weighted by atomic mass is 32.1. The Bertz CT molecular complexity index is 1150. The second-order valence-electron chi connectivity index (χ2n) is 6.36. The summed E-state index contributed by atoms with van der Waals surface area (Å²) in [6, 6.07) is 21.6. The van der Waals surface area contributed by atoms with Gasteiger partial charge in [-0.15, -0.1) is 0 Å².